The molecule has 3 aromatic rings. The van der Waals surface area contributed by atoms with Crippen LogP contribution < -0.4 is 15.6 Å². The summed E-state index contributed by atoms with van der Waals surface area (Å²) in [7, 11) is -3.82. The first-order valence-corrected chi connectivity index (χ1v) is 10.5. The van der Waals surface area contributed by atoms with E-state index >= 15 is 0 Å². The van der Waals surface area contributed by atoms with Gasteiger partial charge >= 0.3 is 0 Å². The molecule has 0 aliphatic carbocycles. The molecular formula is C17H13ClN4O4S2. The lowest BCUT2D eigenvalue weighted by molar-refractivity contribution is 0.0847. The van der Waals surface area contributed by atoms with Gasteiger partial charge in [0.2, 0.25) is 0 Å². The zero-order chi connectivity index (χ0) is 20.1. The SMILES string of the molecule is O=C(NNC(=O)c1ccccc1NS(=O)(=O)c1cccs1)c1ccc(Cl)nc1. The number of sulfonamides is 1. The minimum absolute atomic E-state index is 0.0390. The number of para-hydroxylation sites is 1. The number of nitrogens with zero attached hydrogens (tertiary/aromatic N) is 1. The molecule has 0 unspecified atom stereocenters. The maximum atomic E-state index is 12.4. The molecule has 0 saturated carbocycles. The van der Waals surface area contributed by atoms with Gasteiger partial charge in [-0.25, -0.2) is 13.4 Å². The summed E-state index contributed by atoms with van der Waals surface area (Å²) >= 11 is 6.72. The Hall–Kier alpha value is -2.95. The highest BCUT2D eigenvalue weighted by Crippen LogP contribution is 2.22. The predicted octanol–water partition coefficient (Wildman–Crippen LogP) is 2.67. The van der Waals surface area contributed by atoms with Crippen molar-refractivity contribution in [2.45, 2.75) is 4.21 Å². The topological polar surface area (TPSA) is 117 Å². The van der Waals surface area contributed by atoms with Gasteiger partial charge in [0.05, 0.1) is 16.8 Å². The largest absolute Gasteiger partial charge is 0.278 e. The quantitative estimate of drug-likeness (QED) is 0.420. The van der Waals surface area contributed by atoms with Gasteiger partial charge in [-0.3, -0.25) is 25.2 Å². The Balaban J connectivity index is 1.72. The Morgan fingerprint density at radius 1 is 0.964 bits per heavy atom. The minimum Gasteiger partial charge on any atom is -0.278 e. The van der Waals surface area contributed by atoms with Crippen LogP contribution >= 0.6 is 22.9 Å². The van der Waals surface area contributed by atoms with Gasteiger partial charge in [-0.15, -0.1) is 11.3 Å². The number of rotatable bonds is 5. The number of hydrogen-bond acceptors (Lipinski definition) is 6. The third kappa shape index (κ3) is 4.66. The van der Waals surface area contributed by atoms with E-state index in [9.17, 15) is 18.0 Å². The number of carbonyl (C=O) groups excluding carboxylic acids is 2. The molecule has 0 saturated heterocycles. The van der Waals surface area contributed by atoms with E-state index in [1.807, 2.05) is 0 Å². The summed E-state index contributed by atoms with van der Waals surface area (Å²) < 4.78 is 27.3. The molecule has 28 heavy (non-hydrogen) atoms. The molecule has 2 heterocycles. The Kier molecular flexibility index (Phi) is 5.93. The first-order valence-electron chi connectivity index (χ1n) is 7.74. The van der Waals surface area contributed by atoms with E-state index in [1.54, 1.807) is 23.6 Å². The zero-order valence-corrected chi connectivity index (χ0v) is 16.4. The van der Waals surface area contributed by atoms with Gasteiger partial charge in [-0.1, -0.05) is 29.8 Å². The van der Waals surface area contributed by atoms with E-state index in [0.29, 0.717) is 0 Å². The number of amides is 2. The normalized spacial score (nSPS) is 10.9. The van der Waals surface area contributed by atoms with Crippen molar-refractivity contribution >= 4 is 50.5 Å². The highest BCUT2D eigenvalue weighted by atomic mass is 35.5. The van der Waals surface area contributed by atoms with Crippen molar-refractivity contribution in [3.8, 4) is 0 Å². The lowest BCUT2D eigenvalue weighted by atomic mass is 10.2. The second-order valence-corrected chi connectivity index (χ2v) is 8.61. The van der Waals surface area contributed by atoms with Crippen LogP contribution in [0.4, 0.5) is 5.69 Å². The number of halogens is 1. The Morgan fingerprint density at radius 2 is 1.71 bits per heavy atom. The number of pyridine rings is 1. The molecule has 0 aliphatic rings. The fourth-order valence-corrected chi connectivity index (χ4v) is 4.33. The number of anilines is 1. The predicted molar refractivity (Wildman–Crippen MR) is 106 cm³/mol. The van der Waals surface area contributed by atoms with Crippen molar-refractivity contribution in [1.82, 2.24) is 15.8 Å². The summed E-state index contributed by atoms with van der Waals surface area (Å²) in [4.78, 5) is 28.3. The summed E-state index contributed by atoms with van der Waals surface area (Å²) in [6.07, 6.45) is 1.26. The van der Waals surface area contributed by atoms with Crippen LogP contribution in [0.5, 0.6) is 0 Å². The van der Waals surface area contributed by atoms with Crippen molar-refractivity contribution in [2.24, 2.45) is 0 Å². The molecule has 1 aromatic carbocycles. The fourth-order valence-electron chi connectivity index (χ4n) is 2.14. The van der Waals surface area contributed by atoms with Crippen LogP contribution in [-0.2, 0) is 10.0 Å². The Morgan fingerprint density at radius 3 is 2.39 bits per heavy atom. The maximum absolute atomic E-state index is 12.4. The number of hydrogen-bond donors (Lipinski definition) is 3. The lowest BCUT2D eigenvalue weighted by Gasteiger charge is -2.12. The van der Waals surface area contributed by atoms with Crippen LogP contribution in [0.3, 0.4) is 0 Å². The highest BCUT2D eigenvalue weighted by Gasteiger charge is 2.19. The van der Waals surface area contributed by atoms with Gasteiger partial charge in [0.15, 0.2) is 0 Å². The van der Waals surface area contributed by atoms with Crippen molar-refractivity contribution < 1.29 is 18.0 Å². The third-order valence-corrected chi connectivity index (χ3v) is 6.44. The second-order valence-electron chi connectivity index (χ2n) is 5.36. The molecule has 3 N–H and O–H groups in total. The summed E-state index contributed by atoms with van der Waals surface area (Å²) in [5.74, 6) is -1.30. The van der Waals surface area contributed by atoms with Crippen molar-refractivity contribution in [3.05, 3.63) is 76.4 Å². The average Bonchev–Trinajstić information content (AvgIpc) is 3.22. The number of nitrogens with one attached hydrogen (secondary N) is 3. The van der Waals surface area contributed by atoms with Crippen LogP contribution in [0.25, 0.3) is 0 Å². The molecule has 2 amide bonds. The van der Waals surface area contributed by atoms with Gasteiger partial charge in [-0.05, 0) is 35.7 Å². The monoisotopic (exact) mass is 436 g/mol. The molecule has 2 aromatic heterocycles. The standard InChI is InChI=1S/C17H13ClN4O4S2/c18-14-8-7-11(10-19-14)16(23)20-21-17(24)12-4-1-2-5-13(12)22-28(25,26)15-6-3-9-27-15/h1-10,22H,(H,20,23)(H,21,24). The maximum Gasteiger partial charge on any atom is 0.271 e. The highest BCUT2D eigenvalue weighted by molar-refractivity contribution is 7.94. The van der Waals surface area contributed by atoms with Gasteiger partial charge in [0, 0.05) is 6.20 Å². The number of carbonyl (C=O) groups is 2. The van der Waals surface area contributed by atoms with Gasteiger partial charge < -0.3 is 0 Å². The van der Waals surface area contributed by atoms with Crippen LogP contribution in [-0.4, -0.2) is 25.2 Å². The molecule has 3 rings (SSSR count). The van der Waals surface area contributed by atoms with E-state index in [2.05, 4.69) is 20.6 Å². The fraction of sp³-hybridized carbons (Fsp3) is 0. The van der Waals surface area contributed by atoms with Crippen molar-refractivity contribution in [2.75, 3.05) is 4.72 Å². The van der Waals surface area contributed by atoms with Gasteiger partial charge in [0.1, 0.15) is 9.36 Å². The second kappa shape index (κ2) is 8.38. The summed E-state index contributed by atoms with van der Waals surface area (Å²) in [6.45, 7) is 0. The number of aromatic nitrogens is 1. The first kappa shape index (κ1) is 19.8. The van der Waals surface area contributed by atoms with E-state index < -0.39 is 21.8 Å². The molecule has 0 aliphatic heterocycles. The van der Waals surface area contributed by atoms with Crippen LogP contribution in [0.1, 0.15) is 20.7 Å². The number of hydrazine groups is 1. The molecule has 0 bridgehead atoms. The summed E-state index contributed by atoms with van der Waals surface area (Å²) in [6, 6.07) is 12.0. The van der Waals surface area contributed by atoms with Crippen molar-refractivity contribution in [1.29, 1.82) is 0 Å². The van der Waals surface area contributed by atoms with E-state index in [1.165, 1.54) is 36.5 Å². The van der Waals surface area contributed by atoms with Gasteiger partial charge in [-0.2, -0.15) is 0 Å². The third-order valence-electron chi connectivity index (χ3n) is 3.46. The molecule has 0 radical (unpaired) electrons. The number of benzene rings is 1. The van der Waals surface area contributed by atoms with Crippen LogP contribution in [0.15, 0.2) is 64.3 Å². The Labute approximate surface area is 169 Å². The first-order chi connectivity index (χ1) is 13.4. The Bertz CT molecular complexity index is 1100. The molecular weight excluding hydrogens is 424 g/mol. The van der Waals surface area contributed by atoms with E-state index in [0.717, 1.165) is 11.3 Å². The van der Waals surface area contributed by atoms with Crippen molar-refractivity contribution in [3.63, 3.8) is 0 Å². The van der Waals surface area contributed by atoms with Crippen LogP contribution in [0.2, 0.25) is 5.15 Å². The zero-order valence-electron chi connectivity index (χ0n) is 14.0. The van der Waals surface area contributed by atoms with Crippen LogP contribution in [0, 0.1) is 0 Å². The average molecular weight is 437 g/mol. The summed E-state index contributed by atoms with van der Waals surface area (Å²) in [5, 5.41) is 1.86. The van der Waals surface area contributed by atoms with Gasteiger partial charge in [0.25, 0.3) is 21.8 Å². The molecule has 0 spiro atoms. The molecule has 0 fully saturated rings. The van der Waals surface area contributed by atoms with E-state index in [4.69, 9.17) is 11.6 Å². The smallest absolute Gasteiger partial charge is 0.271 e. The minimum atomic E-state index is -3.82. The molecule has 11 heteroatoms. The number of thiophene rings is 1. The molecule has 144 valence electrons. The lowest BCUT2D eigenvalue weighted by Crippen LogP contribution is -2.42. The summed E-state index contributed by atoms with van der Waals surface area (Å²) in [5.41, 5.74) is 4.79. The molecule has 0 atom stereocenters. The van der Waals surface area contributed by atoms with E-state index in [-0.39, 0.29) is 26.2 Å². The molecule has 8 nitrogen and oxygen atoms in total.